The Balaban J connectivity index is 2.31. The van der Waals surface area contributed by atoms with Crippen LogP contribution in [-0.4, -0.2) is 16.0 Å². The molecule has 0 aliphatic rings. The molecule has 0 fully saturated rings. The van der Waals surface area contributed by atoms with Crippen LogP contribution in [0.15, 0.2) is 46.2 Å². The van der Waals surface area contributed by atoms with Crippen LogP contribution in [0.5, 0.6) is 11.6 Å². The fraction of sp³-hybridized carbons (Fsp3) is 0. The quantitative estimate of drug-likeness (QED) is 0.393. The first-order valence-corrected chi connectivity index (χ1v) is 5.96. The van der Waals surface area contributed by atoms with E-state index in [1.54, 1.807) is 6.07 Å². The Hall–Kier alpha value is -2.15. The third-order valence-corrected chi connectivity index (χ3v) is 2.90. The average molecular weight is 326 g/mol. The SMILES string of the molecule is N/C(=N/O)c1ccnc(Oc2cc(F)ccc2Br)c1. The molecule has 0 bridgehead atoms. The molecular weight excluding hydrogens is 317 g/mol. The molecule has 7 heteroatoms. The molecule has 0 atom stereocenters. The van der Waals surface area contributed by atoms with Crippen LogP contribution in [0.25, 0.3) is 0 Å². The molecule has 3 N–H and O–H groups in total. The fourth-order valence-electron chi connectivity index (χ4n) is 1.35. The topological polar surface area (TPSA) is 80.7 Å². The molecule has 0 saturated heterocycles. The minimum atomic E-state index is -0.425. The van der Waals surface area contributed by atoms with Gasteiger partial charge in [0.25, 0.3) is 0 Å². The zero-order valence-electron chi connectivity index (χ0n) is 9.55. The van der Waals surface area contributed by atoms with Crippen LogP contribution in [0.4, 0.5) is 4.39 Å². The van der Waals surface area contributed by atoms with Gasteiger partial charge >= 0.3 is 0 Å². The maximum absolute atomic E-state index is 13.1. The summed E-state index contributed by atoms with van der Waals surface area (Å²) in [6.07, 6.45) is 1.44. The van der Waals surface area contributed by atoms with Crippen LogP contribution >= 0.6 is 15.9 Å². The van der Waals surface area contributed by atoms with E-state index >= 15 is 0 Å². The van der Waals surface area contributed by atoms with Gasteiger partial charge in [-0.25, -0.2) is 9.37 Å². The van der Waals surface area contributed by atoms with Crippen molar-refractivity contribution in [1.82, 2.24) is 4.98 Å². The van der Waals surface area contributed by atoms with Crippen molar-refractivity contribution in [2.75, 3.05) is 0 Å². The van der Waals surface area contributed by atoms with Crippen molar-refractivity contribution in [3.8, 4) is 11.6 Å². The zero-order valence-corrected chi connectivity index (χ0v) is 11.1. The molecule has 0 aliphatic carbocycles. The summed E-state index contributed by atoms with van der Waals surface area (Å²) in [4.78, 5) is 3.96. The van der Waals surface area contributed by atoms with Crippen molar-refractivity contribution in [3.63, 3.8) is 0 Å². The lowest BCUT2D eigenvalue weighted by Crippen LogP contribution is -2.13. The highest BCUT2D eigenvalue weighted by molar-refractivity contribution is 9.10. The van der Waals surface area contributed by atoms with Gasteiger partial charge in [0.2, 0.25) is 5.88 Å². The van der Waals surface area contributed by atoms with Crippen LogP contribution in [0.1, 0.15) is 5.56 Å². The number of amidine groups is 1. The van der Waals surface area contributed by atoms with E-state index in [-0.39, 0.29) is 17.5 Å². The van der Waals surface area contributed by atoms with Crippen LogP contribution in [0, 0.1) is 5.82 Å². The van der Waals surface area contributed by atoms with Gasteiger partial charge in [0.05, 0.1) is 4.47 Å². The van der Waals surface area contributed by atoms with Gasteiger partial charge in [-0.3, -0.25) is 0 Å². The van der Waals surface area contributed by atoms with E-state index in [2.05, 4.69) is 26.1 Å². The maximum atomic E-state index is 13.1. The smallest absolute Gasteiger partial charge is 0.219 e. The summed E-state index contributed by atoms with van der Waals surface area (Å²) < 4.78 is 19.1. The van der Waals surface area contributed by atoms with Gasteiger partial charge in [0.1, 0.15) is 11.6 Å². The van der Waals surface area contributed by atoms with Crippen LogP contribution in [-0.2, 0) is 0 Å². The molecule has 98 valence electrons. The number of rotatable bonds is 3. The number of hydrogen-bond donors (Lipinski definition) is 2. The number of nitrogens with two attached hydrogens (primary N) is 1. The number of benzene rings is 1. The Morgan fingerprint density at radius 3 is 2.89 bits per heavy atom. The Labute approximate surface area is 116 Å². The first-order valence-electron chi connectivity index (χ1n) is 5.17. The van der Waals surface area contributed by atoms with Crippen molar-refractivity contribution >= 4 is 21.8 Å². The number of hydrogen-bond acceptors (Lipinski definition) is 4. The molecule has 2 rings (SSSR count). The van der Waals surface area contributed by atoms with Crippen LogP contribution in [0.2, 0.25) is 0 Å². The molecular formula is C12H9BrFN3O2. The number of aromatic nitrogens is 1. The predicted octanol–water partition coefficient (Wildman–Crippen LogP) is 2.87. The third-order valence-electron chi connectivity index (χ3n) is 2.25. The summed E-state index contributed by atoms with van der Waals surface area (Å²) in [5, 5.41) is 11.5. The lowest BCUT2D eigenvalue weighted by Gasteiger charge is -2.07. The molecule has 5 nitrogen and oxygen atoms in total. The number of nitrogens with zero attached hydrogens (tertiary/aromatic N) is 2. The monoisotopic (exact) mass is 325 g/mol. The van der Waals surface area contributed by atoms with E-state index in [4.69, 9.17) is 15.7 Å². The van der Waals surface area contributed by atoms with Gasteiger partial charge in [-0.2, -0.15) is 0 Å². The van der Waals surface area contributed by atoms with Gasteiger partial charge in [-0.05, 0) is 34.1 Å². The largest absolute Gasteiger partial charge is 0.438 e. The van der Waals surface area contributed by atoms with Crippen molar-refractivity contribution in [1.29, 1.82) is 0 Å². The van der Waals surface area contributed by atoms with E-state index in [0.717, 1.165) is 0 Å². The molecule has 0 radical (unpaired) electrons. The summed E-state index contributed by atoms with van der Waals surface area (Å²) >= 11 is 3.24. The molecule has 1 heterocycles. The van der Waals surface area contributed by atoms with Crippen LogP contribution < -0.4 is 10.5 Å². The number of oxime groups is 1. The minimum Gasteiger partial charge on any atom is -0.438 e. The van der Waals surface area contributed by atoms with Gasteiger partial charge in [-0.15, -0.1) is 0 Å². The zero-order chi connectivity index (χ0) is 13.8. The van der Waals surface area contributed by atoms with E-state index < -0.39 is 5.82 Å². The van der Waals surface area contributed by atoms with Crippen molar-refractivity contribution in [3.05, 3.63) is 52.4 Å². The van der Waals surface area contributed by atoms with Gasteiger partial charge in [0, 0.05) is 23.9 Å². The number of pyridine rings is 1. The molecule has 1 aromatic heterocycles. The standard InChI is InChI=1S/C12H9BrFN3O2/c13-9-2-1-8(14)6-10(9)19-11-5-7(3-4-16-11)12(15)17-18/h1-6,18H,(H2,15,17). The molecule has 0 spiro atoms. The maximum Gasteiger partial charge on any atom is 0.219 e. The Kier molecular flexibility index (Phi) is 3.96. The summed E-state index contributed by atoms with van der Waals surface area (Å²) in [5.41, 5.74) is 5.90. The van der Waals surface area contributed by atoms with Crippen molar-refractivity contribution in [2.45, 2.75) is 0 Å². The fourth-order valence-corrected chi connectivity index (χ4v) is 1.68. The predicted molar refractivity (Wildman–Crippen MR) is 70.9 cm³/mol. The van der Waals surface area contributed by atoms with Gasteiger partial charge in [-0.1, -0.05) is 5.16 Å². The van der Waals surface area contributed by atoms with Crippen molar-refractivity contribution < 1.29 is 14.3 Å². The Morgan fingerprint density at radius 2 is 2.16 bits per heavy atom. The second-order valence-electron chi connectivity index (χ2n) is 3.54. The van der Waals surface area contributed by atoms with Crippen LogP contribution in [0.3, 0.4) is 0 Å². The lowest BCUT2D eigenvalue weighted by molar-refractivity contribution is 0.318. The number of ether oxygens (including phenoxy) is 1. The highest BCUT2D eigenvalue weighted by Gasteiger charge is 2.07. The van der Waals surface area contributed by atoms with E-state index in [1.807, 2.05) is 0 Å². The van der Waals surface area contributed by atoms with E-state index in [1.165, 1.54) is 30.5 Å². The molecule has 1 aromatic carbocycles. The van der Waals surface area contributed by atoms with E-state index in [9.17, 15) is 4.39 Å². The summed E-state index contributed by atoms with van der Waals surface area (Å²) in [7, 11) is 0. The van der Waals surface area contributed by atoms with Gasteiger partial charge < -0.3 is 15.7 Å². The molecule has 0 saturated carbocycles. The van der Waals surface area contributed by atoms with Crippen molar-refractivity contribution in [2.24, 2.45) is 10.9 Å². The molecule has 0 amide bonds. The Morgan fingerprint density at radius 1 is 1.37 bits per heavy atom. The molecule has 2 aromatic rings. The first-order chi connectivity index (χ1) is 9.10. The highest BCUT2D eigenvalue weighted by atomic mass is 79.9. The summed E-state index contributed by atoms with van der Waals surface area (Å²) in [6.45, 7) is 0. The second kappa shape index (κ2) is 5.66. The lowest BCUT2D eigenvalue weighted by atomic mass is 10.2. The minimum absolute atomic E-state index is 0.0643. The molecule has 19 heavy (non-hydrogen) atoms. The average Bonchev–Trinajstić information content (AvgIpc) is 2.42. The number of halogens is 2. The first kappa shape index (κ1) is 13.3. The summed E-state index contributed by atoms with van der Waals surface area (Å²) in [5.74, 6) is -0.00379. The summed E-state index contributed by atoms with van der Waals surface area (Å²) in [6, 6.07) is 7.09. The Bertz CT molecular complexity index is 634. The molecule has 0 aliphatic heterocycles. The molecule has 0 unspecified atom stereocenters. The third kappa shape index (κ3) is 3.19. The second-order valence-corrected chi connectivity index (χ2v) is 4.40. The highest BCUT2D eigenvalue weighted by Crippen LogP contribution is 2.29. The normalized spacial score (nSPS) is 11.4. The van der Waals surface area contributed by atoms with E-state index in [0.29, 0.717) is 10.0 Å². The van der Waals surface area contributed by atoms with Gasteiger partial charge in [0.15, 0.2) is 5.84 Å².